The van der Waals surface area contributed by atoms with Crippen molar-refractivity contribution in [1.82, 2.24) is 9.62 Å². The molecule has 0 aromatic heterocycles. The number of aliphatic carboxylic acids is 1. The topological polar surface area (TPSA) is 113 Å². The molecule has 0 aliphatic carbocycles. The Balaban J connectivity index is 1.89. The number of carboxylic acids is 1. The van der Waals surface area contributed by atoms with Crippen LogP contribution in [0.1, 0.15) is 13.3 Å². The molecule has 1 unspecified atom stereocenters. The Kier molecular flexibility index (Phi) is 6.09. The third-order valence-electron chi connectivity index (χ3n) is 3.64. The summed E-state index contributed by atoms with van der Waals surface area (Å²) in [6, 6.07) is 4.31. The van der Waals surface area contributed by atoms with Crippen molar-refractivity contribution in [2.75, 3.05) is 19.6 Å². The summed E-state index contributed by atoms with van der Waals surface area (Å²) >= 11 is 0. The summed E-state index contributed by atoms with van der Waals surface area (Å²) in [5.74, 6) is -2.08. The first-order valence-corrected chi connectivity index (χ1v) is 9.08. The summed E-state index contributed by atoms with van der Waals surface area (Å²) in [6.45, 7) is 1.67. The van der Waals surface area contributed by atoms with E-state index in [2.05, 4.69) is 4.72 Å². The number of nitrogens with one attached hydrogen (secondary N) is 1. The SMILES string of the molecule is C[C@@H]1CN(C(=O)CCNS(=O)(=O)c2ccc(F)cc2)CC(C(=O)O)O1. The number of rotatable bonds is 6. The number of amides is 1. The Bertz CT molecular complexity index is 737. The number of benzene rings is 1. The maximum absolute atomic E-state index is 12.8. The van der Waals surface area contributed by atoms with Crippen LogP contribution in [0.4, 0.5) is 4.39 Å². The Labute approximate surface area is 144 Å². The van der Waals surface area contributed by atoms with Crippen LogP contribution in [-0.4, -0.2) is 62.1 Å². The van der Waals surface area contributed by atoms with E-state index in [4.69, 9.17) is 9.84 Å². The molecule has 0 radical (unpaired) electrons. The van der Waals surface area contributed by atoms with Crippen molar-refractivity contribution in [3.8, 4) is 0 Å². The number of hydrogen-bond acceptors (Lipinski definition) is 5. The zero-order valence-corrected chi connectivity index (χ0v) is 14.3. The molecule has 138 valence electrons. The molecule has 1 amide bonds. The number of ether oxygens (including phenoxy) is 1. The molecule has 2 atom stereocenters. The third-order valence-corrected chi connectivity index (χ3v) is 5.12. The molecule has 1 aliphatic rings. The molecule has 25 heavy (non-hydrogen) atoms. The van der Waals surface area contributed by atoms with Crippen LogP contribution in [0, 0.1) is 5.82 Å². The quantitative estimate of drug-likeness (QED) is 0.735. The third kappa shape index (κ3) is 5.21. The molecule has 1 aromatic carbocycles. The Morgan fingerprint density at radius 1 is 1.32 bits per heavy atom. The maximum atomic E-state index is 12.8. The van der Waals surface area contributed by atoms with Gasteiger partial charge in [0.25, 0.3) is 0 Å². The fourth-order valence-electron chi connectivity index (χ4n) is 2.44. The predicted octanol–water partition coefficient (Wildman–Crippen LogP) is 0.195. The molecule has 1 saturated heterocycles. The van der Waals surface area contributed by atoms with Crippen LogP contribution in [0.2, 0.25) is 0 Å². The average molecular weight is 374 g/mol. The number of sulfonamides is 1. The molecule has 1 fully saturated rings. The summed E-state index contributed by atoms with van der Waals surface area (Å²) < 4.78 is 44.4. The summed E-state index contributed by atoms with van der Waals surface area (Å²) in [5, 5.41) is 9.00. The second kappa shape index (κ2) is 7.89. The molecular formula is C15H19FN2O6S. The summed E-state index contributed by atoms with van der Waals surface area (Å²) in [7, 11) is -3.84. The van der Waals surface area contributed by atoms with E-state index >= 15 is 0 Å². The average Bonchev–Trinajstić information content (AvgIpc) is 2.54. The van der Waals surface area contributed by atoms with Crippen LogP contribution < -0.4 is 4.72 Å². The molecule has 1 heterocycles. The minimum Gasteiger partial charge on any atom is -0.479 e. The normalized spacial score (nSPS) is 21.1. The van der Waals surface area contributed by atoms with Crippen molar-refractivity contribution in [2.24, 2.45) is 0 Å². The zero-order chi connectivity index (χ0) is 18.6. The van der Waals surface area contributed by atoms with E-state index < -0.39 is 34.0 Å². The van der Waals surface area contributed by atoms with E-state index in [-0.39, 0.29) is 36.9 Å². The lowest BCUT2D eigenvalue weighted by molar-refractivity contribution is -0.166. The van der Waals surface area contributed by atoms with E-state index in [9.17, 15) is 22.4 Å². The number of morpholine rings is 1. The van der Waals surface area contributed by atoms with Gasteiger partial charge in [0.05, 0.1) is 17.5 Å². The number of carbonyl (C=O) groups excluding carboxylic acids is 1. The highest BCUT2D eigenvalue weighted by Crippen LogP contribution is 2.13. The number of carboxylic acid groups (broad SMARTS) is 1. The fraction of sp³-hybridized carbons (Fsp3) is 0.467. The van der Waals surface area contributed by atoms with Crippen molar-refractivity contribution < 1.29 is 32.2 Å². The molecule has 2 rings (SSSR count). The van der Waals surface area contributed by atoms with Gasteiger partial charge in [-0.25, -0.2) is 22.3 Å². The van der Waals surface area contributed by atoms with Crippen molar-refractivity contribution in [3.05, 3.63) is 30.1 Å². The zero-order valence-electron chi connectivity index (χ0n) is 13.5. The van der Waals surface area contributed by atoms with Crippen LogP contribution in [0.3, 0.4) is 0 Å². The van der Waals surface area contributed by atoms with Gasteiger partial charge in [0.1, 0.15) is 5.82 Å². The van der Waals surface area contributed by atoms with Crippen molar-refractivity contribution in [1.29, 1.82) is 0 Å². The van der Waals surface area contributed by atoms with Crippen LogP contribution in [0.15, 0.2) is 29.2 Å². The standard InChI is InChI=1S/C15H19FN2O6S/c1-10-8-18(9-13(24-10)15(20)21)14(19)6-7-17-25(22,23)12-4-2-11(16)3-5-12/h2-5,10,13,17H,6-9H2,1H3,(H,20,21)/t10-,13?/m1/s1. The molecule has 1 aliphatic heterocycles. The molecule has 0 bridgehead atoms. The number of nitrogens with zero attached hydrogens (tertiary/aromatic N) is 1. The van der Waals surface area contributed by atoms with E-state index in [1.165, 1.54) is 4.90 Å². The first-order valence-electron chi connectivity index (χ1n) is 7.60. The highest BCUT2D eigenvalue weighted by atomic mass is 32.2. The Morgan fingerprint density at radius 2 is 1.96 bits per heavy atom. The Morgan fingerprint density at radius 3 is 2.56 bits per heavy atom. The number of hydrogen-bond donors (Lipinski definition) is 2. The molecular weight excluding hydrogens is 355 g/mol. The lowest BCUT2D eigenvalue weighted by Gasteiger charge is -2.35. The van der Waals surface area contributed by atoms with Gasteiger partial charge in [0.2, 0.25) is 15.9 Å². The summed E-state index contributed by atoms with van der Waals surface area (Å²) in [4.78, 5) is 24.4. The smallest absolute Gasteiger partial charge is 0.334 e. The summed E-state index contributed by atoms with van der Waals surface area (Å²) in [5.41, 5.74) is 0. The molecule has 10 heteroatoms. The van der Waals surface area contributed by atoms with Gasteiger partial charge in [0, 0.05) is 19.5 Å². The highest BCUT2D eigenvalue weighted by Gasteiger charge is 2.32. The van der Waals surface area contributed by atoms with Crippen molar-refractivity contribution in [2.45, 2.75) is 30.4 Å². The lowest BCUT2D eigenvalue weighted by atomic mass is 10.2. The van der Waals surface area contributed by atoms with E-state index in [0.29, 0.717) is 0 Å². The van der Waals surface area contributed by atoms with Gasteiger partial charge in [-0.3, -0.25) is 4.79 Å². The number of carbonyl (C=O) groups is 2. The van der Waals surface area contributed by atoms with Gasteiger partial charge in [-0.2, -0.15) is 0 Å². The largest absolute Gasteiger partial charge is 0.479 e. The van der Waals surface area contributed by atoms with Gasteiger partial charge in [-0.15, -0.1) is 0 Å². The second-order valence-corrected chi connectivity index (χ2v) is 7.44. The monoisotopic (exact) mass is 374 g/mol. The molecule has 0 spiro atoms. The van der Waals surface area contributed by atoms with Gasteiger partial charge >= 0.3 is 5.97 Å². The van der Waals surface area contributed by atoms with Crippen LogP contribution in [-0.2, 0) is 24.3 Å². The van der Waals surface area contributed by atoms with Crippen molar-refractivity contribution in [3.63, 3.8) is 0 Å². The molecule has 8 nitrogen and oxygen atoms in total. The van der Waals surface area contributed by atoms with E-state index in [1.807, 2.05) is 0 Å². The highest BCUT2D eigenvalue weighted by molar-refractivity contribution is 7.89. The second-order valence-electron chi connectivity index (χ2n) is 5.67. The van der Waals surface area contributed by atoms with Gasteiger partial charge in [0.15, 0.2) is 6.10 Å². The summed E-state index contributed by atoms with van der Waals surface area (Å²) in [6.07, 6.45) is -1.64. The lowest BCUT2D eigenvalue weighted by Crippen LogP contribution is -2.52. The minimum absolute atomic E-state index is 0.0801. The minimum atomic E-state index is -3.84. The molecule has 0 saturated carbocycles. The van der Waals surface area contributed by atoms with Gasteiger partial charge < -0.3 is 14.7 Å². The maximum Gasteiger partial charge on any atom is 0.334 e. The first kappa shape index (κ1) is 19.3. The van der Waals surface area contributed by atoms with E-state index in [0.717, 1.165) is 24.3 Å². The van der Waals surface area contributed by atoms with E-state index in [1.54, 1.807) is 6.92 Å². The molecule has 2 N–H and O–H groups in total. The van der Waals surface area contributed by atoms with Crippen LogP contribution >= 0.6 is 0 Å². The van der Waals surface area contributed by atoms with Gasteiger partial charge in [-0.05, 0) is 31.2 Å². The molecule has 1 aromatic rings. The first-order chi connectivity index (χ1) is 11.7. The van der Waals surface area contributed by atoms with Crippen molar-refractivity contribution >= 4 is 21.9 Å². The number of halogens is 1. The van der Waals surface area contributed by atoms with Gasteiger partial charge in [-0.1, -0.05) is 0 Å². The van der Waals surface area contributed by atoms with Crippen LogP contribution in [0.5, 0.6) is 0 Å². The van der Waals surface area contributed by atoms with Crippen LogP contribution in [0.25, 0.3) is 0 Å². The predicted molar refractivity (Wildman–Crippen MR) is 84.8 cm³/mol. The Hall–Kier alpha value is -2.04. The fourth-order valence-corrected chi connectivity index (χ4v) is 3.47.